The molecule has 0 atom stereocenters. The Morgan fingerprint density at radius 3 is 2.45 bits per heavy atom. The topological polar surface area (TPSA) is 101 Å². The van der Waals surface area contributed by atoms with Gasteiger partial charge < -0.3 is 4.90 Å². The maximum absolute atomic E-state index is 12.8. The lowest BCUT2D eigenvalue weighted by Gasteiger charge is -2.34. The van der Waals surface area contributed by atoms with Gasteiger partial charge in [0.25, 0.3) is 5.78 Å². The van der Waals surface area contributed by atoms with Crippen LogP contribution in [0.25, 0.3) is 5.78 Å². The number of carbonyl (C=O) groups is 1. The van der Waals surface area contributed by atoms with Crippen molar-refractivity contribution < 1.29 is 13.2 Å². The molecule has 9 nitrogen and oxygen atoms in total. The predicted octanol–water partition coefficient (Wildman–Crippen LogP) is 1.86. The molecule has 0 radical (unpaired) electrons. The molecule has 3 aromatic rings. The monoisotopic (exact) mass is 462 g/mol. The third-order valence-electron chi connectivity index (χ3n) is 5.62. The van der Waals surface area contributed by atoms with Gasteiger partial charge in [0.1, 0.15) is 6.33 Å². The molecule has 0 unspecified atom stereocenters. The molecule has 1 aliphatic rings. The molecule has 0 aliphatic carbocycles. The lowest BCUT2D eigenvalue weighted by molar-refractivity contribution is -0.132. The summed E-state index contributed by atoms with van der Waals surface area (Å²) in [5.74, 6) is 0.545. The van der Waals surface area contributed by atoms with Gasteiger partial charge >= 0.3 is 0 Å². The average molecular weight is 463 g/mol. The van der Waals surface area contributed by atoms with E-state index in [0.29, 0.717) is 36.7 Å². The lowest BCUT2D eigenvalue weighted by Crippen LogP contribution is -2.50. The van der Waals surface area contributed by atoms with Crippen molar-refractivity contribution in [3.63, 3.8) is 0 Å². The Labute approximate surface area is 185 Å². The van der Waals surface area contributed by atoms with Gasteiger partial charge in [0.2, 0.25) is 15.9 Å². The maximum atomic E-state index is 12.8. The number of aromatic nitrogens is 4. The fraction of sp³-hybridized carbons (Fsp3) is 0.400. The highest BCUT2D eigenvalue weighted by molar-refractivity contribution is 7.89. The molecule has 1 aliphatic heterocycles. The van der Waals surface area contributed by atoms with Gasteiger partial charge in [-0.2, -0.15) is 14.4 Å². The molecule has 1 fully saturated rings. The standard InChI is InChI=1S/C20H23ClN6O3S/c1-14-18(15(2)27-20(24-14)22-13-23-27)7-8-19(28)25-9-11-26(12-10-25)31(29,30)17-5-3-16(21)4-6-17/h3-6,13H,7-12H2,1-2H3. The van der Waals surface area contributed by atoms with Crippen LogP contribution in [-0.4, -0.2) is 69.3 Å². The van der Waals surface area contributed by atoms with Crippen molar-refractivity contribution in [3.8, 4) is 0 Å². The highest BCUT2D eigenvalue weighted by Crippen LogP contribution is 2.21. The summed E-state index contributed by atoms with van der Waals surface area (Å²) in [6.45, 7) is 5.11. The molecule has 11 heteroatoms. The predicted molar refractivity (Wildman–Crippen MR) is 115 cm³/mol. The summed E-state index contributed by atoms with van der Waals surface area (Å²) in [5, 5.41) is 4.66. The van der Waals surface area contributed by atoms with Crippen LogP contribution >= 0.6 is 11.6 Å². The largest absolute Gasteiger partial charge is 0.340 e. The molecule has 0 bridgehead atoms. The van der Waals surface area contributed by atoms with Gasteiger partial charge in [0, 0.05) is 49.0 Å². The van der Waals surface area contributed by atoms with E-state index in [2.05, 4.69) is 15.1 Å². The first-order valence-corrected chi connectivity index (χ1v) is 11.8. The van der Waals surface area contributed by atoms with Crippen molar-refractivity contribution in [2.24, 2.45) is 0 Å². The van der Waals surface area contributed by atoms with Crippen molar-refractivity contribution in [2.45, 2.75) is 31.6 Å². The second-order valence-corrected chi connectivity index (χ2v) is 9.85. The first kappa shape index (κ1) is 21.7. The molecule has 0 saturated carbocycles. The zero-order chi connectivity index (χ0) is 22.2. The van der Waals surface area contributed by atoms with E-state index in [9.17, 15) is 13.2 Å². The Balaban J connectivity index is 1.37. The second kappa shape index (κ2) is 8.52. The van der Waals surface area contributed by atoms with Crippen LogP contribution in [0.15, 0.2) is 35.5 Å². The second-order valence-electron chi connectivity index (χ2n) is 7.47. The highest BCUT2D eigenvalue weighted by Gasteiger charge is 2.30. The smallest absolute Gasteiger partial charge is 0.252 e. The number of rotatable bonds is 5. The van der Waals surface area contributed by atoms with Gasteiger partial charge in [-0.3, -0.25) is 4.79 Å². The summed E-state index contributed by atoms with van der Waals surface area (Å²) in [4.78, 5) is 23.2. The minimum Gasteiger partial charge on any atom is -0.340 e. The minimum absolute atomic E-state index is 0.000952. The normalized spacial score (nSPS) is 15.5. The molecule has 1 amide bonds. The molecule has 3 heterocycles. The van der Waals surface area contributed by atoms with Gasteiger partial charge in [-0.1, -0.05) is 11.6 Å². The summed E-state index contributed by atoms with van der Waals surface area (Å²) in [6, 6.07) is 6.12. The van der Waals surface area contributed by atoms with Crippen LogP contribution in [0, 0.1) is 13.8 Å². The first-order valence-electron chi connectivity index (χ1n) is 9.96. The molecule has 1 aromatic carbocycles. The third-order valence-corrected chi connectivity index (χ3v) is 7.79. The number of hydrogen-bond donors (Lipinski definition) is 0. The van der Waals surface area contributed by atoms with E-state index >= 15 is 0 Å². The molecule has 0 N–H and O–H groups in total. The Bertz CT molecular complexity index is 1220. The van der Waals surface area contributed by atoms with Crippen LogP contribution in [0.4, 0.5) is 0 Å². The molecule has 2 aromatic heterocycles. The zero-order valence-electron chi connectivity index (χ0n) is 17.3. The molecule has 4 rings (SSSR count). The molecule has 1 saturated heterocycles. The van der Waals surface area contributed by atoms with Crippen molar-refractivity contribution >= 4 is 33.3 Å². The van der Waals surface area contributed by atoms with Crippen molar-refractivity contribution in [1.29, 1.82) is 0 Å². The Morgan fingerprint density at radius 1 is 1.10 bits per heavy atom. The van der Waals surface area contributed by atoms with E-state index in [4.69, 9.17) is 11.6 Å². The summed E-state index contributed by atoms with van der Waals surface area (Å²) in [6.07, 6.45) is 2.33. The molecular weight excluding hydrogens is 440 g/mol. The number of aryl methyl sites for hydroxylation is 2. The fourth-order valence-electron chi connectivity index (χ4n) is 3.84. The Hall–Kier alpha value is -2.56. The van der Waals surface area contributed by atoms with Crippen LogP contribution in [-0.2, 0) is 21.2 Å². The number of fused-ring (bicyclic) bond motifs is 1. The zero-order valence-corrected chi connectivity index (χ0v) is 18.9. The van der Waals surface area contributed by atoms with Crippen molar-refractivity contribution in [1.82, 2.24) is 28.8 Å². The first-order chi connectivity index (χ1) is 14.8. The Morgan fingerprint density at radius 2 is 1.77 bits per heavy atom. The van der Waals surface area contributed by atoms with E-state index in [1.165, 1.54) is 22.8 Å². The van der Waals surface area contributed by atoms with Crippen LogP contribution in [0.1, 0.15) is 23.4 Å². The molecular formula is C20H23ClN6O3S. The number of piperazine rings is 1. The number of sulfonamides is 1. The van der Waals surface area contributed by atoms with Gasteiger partial charge in [-0.15, -0.1) is 0 Å². The van der Waals surface area contributed by atoms with Crippen LogP contribution in [0.3, 0.4) is 0 Å². The van der Waals surface area contributed by atoms with E-state index in [1.54, 1.807) is 21.5 Å². The Kier molecular flexibility index (Phi) is 5.96. The maximum Gasteiger partial charge on any atom is 0.252 e. The number of hydrogen-bond acceptors (Lipinski definition) is 6. The number of benzene rings is 1. The van der Waals surface area contributed by atoms with Gasteiger partial charge in [-0.25, -0.2) is 17.9 Å². The summed E-state index contributed by atoms with van der Waals surface area (Å²) in [7, 11) is -3.60. The van der Waals surface area contributed by atoms with E-state index in [-0.39, 0.29) is 23.9 Å². The third kappa shape index (κ3) is 4.28. The molecule has 31 heavy (non-hydrogen) atoms. The lowest BCUT2D eigenvalue weighted by atomic mass is 10.1. The summed E-state index contributed by atoms with van der Waals surface area (Å²) in [5.41, 5.74) is 2.74. The summed E-state index contributed by atoms with van der Waals surface area (Å²) < 4.78 is 28.7. The molecule has 0 spiro atoms. The van der Waals surface area contributed by atoms with E-state index in [0.717, 1.165) is 17.0 Å². The SMILES string of the molecule is Cc1nc2ncnn2c(C)c1CCC(=O)N1CCN(S(=O)(=O)c2ccc(Cl)cc2)CC1. The summed E-state index contributed by atoms with van der Waals surface area (Å²) >= 11 is 5.85. The van der Waals surface area contributed by atoms with Crippen molar-refractivity contribution in [3.05, 3.63) is 52.6 Å². The number of nitrogens with zero attached hydrogens (tertiary/aromatic N) is 6. The minimum atomic E-state index is -3.60. The number of carbonyl (C=O) groups excluding carboxylic acids is 1. The fourth-order valence-corrected chi connectivity index (χ4v) is 5.39. The van der Waals surface area contributed by atoms with Crippen LogP contribution in [0.5, 0.6) is 0 Å². The number of amides is 1. The quantitative estimate of drug-likeness (QED) is 0.573. The number of halogens is 1. The molecule has 164 valence electrons. The van der Waals surface area contributed by atoms with E-state index in [1.807, 2.05) is 13.8 Å². The van der Waals surface area contributed by atoms with Gasteiger partial charge in [-0.05, 0) is 50.1 Å². The highest BCUT2D eigenvalue weighted by atomic mass is 35.5. The van der Waals surface area contributed by atoms with Gasteiger partial charge in [0.15, 0.2) is 0 Å². The van der Waals surface area contributed by atoms with Gasteiger partial charge in [0.05, 0.1) is 4.90 Å². The van der Waals surface area contributed by atoms with Crippen LogP contribution in [0.2, 0.25) is 5.02 Å². The average Bonchev–Trinajstić information content (AvgIpc) is 3.22. The van der Waals surface area contributed by atoms with Crippen molar-refractivity contribution in [2.75, 3.05) is 26.2 Å². The van der Waals surface area contributed by atoms with Crippen LogP contribution < -0.4 is 0 Å². The van der Waals surface area contributed by atoms with E-state index < -0.39 is 10.0 Å².